The molecule has 0 aliphatic rings. The van der Waals surface area contributed by atoms with E-state index >= 15 is 0 Å². The first-order chi connectivity index (χ1) is 8.08. The molecule has 0 spiro atoms. The van der Waals surface area contributed by atoms with Gasteiger partial charge < -0.3 is 10.6 Å². The van der Waals surface area contributed by atoms with Crippen molar-refractivity contribution in [1.29, 1.82) is 0 Å². The van der Waals surface area contributed by atoms with Crippen LogP contribution in [0.4, 0.5) is 5.95 Å². The predicted molar refractivity (Wildman–Crippen MR) is 65.6 cm³/mol. The van der Waals surface area contributed by atoms with Crippen LogP contribution in [-0.2, 0) is 6.54 Å². The minimum absolute atomic E-state index is 0.0778. The summed E-state index contributed by atoms with van der Waals surface area (Å²) in [6, 6.07) is 2.03. The van der Waals surface area contributed by atoms with E-state index in [9.17, 15) is 4.79 Å². The minimum Gasteiger partial charge on any atom is -0.366 e. The SMILES string of the molecule is Cc1ccsc1CN(C)C(=O)c1nc(N)n[nH]1. The first kappa shape index (κ1) is 11.6. The van der Waals surface area contributed by atoms with Gasteiger partial charge in [-0.25, -0.2) is 0 Å². The van der Waals surface area contributed by atoms with Crippen LogP contribution in [0.3, 0.4) is 0 Å². The van der Waals surface area contributed by atoms with E-state index in [1.165, 1.54) is 5.56 Å². The summed E-state index contributed by atoms with van der Waals surface area (Å²) in [7, 11) is 1.72. The molecule has 0 saturated heterocycles. The second kappa shape index (κ2) is 4.54. The summed E-state index contributed by atoms with van der Waals surface area (Å²) in [6.45, 7) is 2.58. The van der Waals surface area contributed by atoms with Crippen molar-refractivity contribution in [3.63, 3.8) is 0 Å². The number of nitrogens with one attached hydrogen (secondary N) is 1. The van der Waals surface area contributed by atoms with Crippen LogP contribution in [0.25, 0.3) is 0 Å². The van der Waals surface area contributed by atoms with Crippen LogP contribution in [0.5, 0.6) is 0 Å². The Kier molecular flexibility index (Phi) is 3.10. The van der Waals surface area contributed by atoms with Gasteiger partial charge in [-0.05, 0) is 23.9 Å². The Morgan fingerprint density at radius 3 is 2.94 bits per heavy atom. The molecule has 6 nitrogen and oxygen atoms in total. The number of anilines is 1. The molecule has 0 aromatic carbocycles. The Morgan fingerprint density at radius 1 is 1.65 bits per heavy atom. The zero-order chi connectivity index (χ0) is 12.4. The number of nitrogens with zero attached hydrogens (tertiary/aromatic N) is 3. The molecule has 0 unspecified atom stereocenters. The molecule has 0 aliphatic heterocycles. The van der Waals surface area contributed by atoms with Gasteiger partial charge >= 0.3 is 0 Å². The molecule has 2 aromatic heterocycles. The van der Waals surface area contributed by atoms with E-state index in [2.05, 4.69) is 15.2 Å². The van der Waals surface area contributed by atoms with Crippen LogP contribution in [0, 0.1) is 6.92 Å². The van der Waals surface area contributed by atoms with E-state index < -0.39 is 0 Å². The van der Waals surface area contributed by atoms with Crippen molar-refractivity contribution < 1.29 is 4.79 Å². The molecule has 3 N–H and O–H groups in total. The third kappa shape index (κ3) is 2.44. The molecule has 0 atom stereocenters. The number of aromatic amines is 1. The third-order valence-electron chi connectivity index (χ3n) is 2.40. The fraction of sp³-hybridized carbons (Fsp3) is 0.300. The van der Waals surface area contributed by atoms with E-state index in [1.54, 1.807) is 23.3 Å². The van der Waals surface area contributed by atoms with Gasteiger partial charge in [-0.3, -0.25) is 9.89 Å². The number of amides is 1. The van der Waals surface area contributed by atoms with Gasteiger partial charge in [-0.15, -0.1) is 16.4 Å². The molecule has 90 valence electrons. The summed E-state index contributed by atoms with van der Waals surface area (Å²) in [5.41, 5.74) is 6.54. The lowest BCUT2D eigenvalue weighted by molar-refractivity contribution is 0.0774. The molecule has 2 heterocycles. The summed E-state index contributed by atoms with van der Waals surface area (Å²) < 4.78 is 0. The topological polar surface area (TPSA) is 87.9 Å². The minimum atomic E-state index is -0.220. The highest BCUT2D eigenvalue weighted by Gasteiger charge is 2.17. The first-order valence-corrected chi connectivity index (χ1v) is 5.92. The molecule has 2 rings (SSSR count). The average Bonchev–Trinajstić information content (AvgIpc) is 2.88. The molecule has 0 radical (unpaired) electrons. The highest BCUT2D eigenvalue weighted by atomic mass is 32.1. The Hall–Kier alpha value is -1.89. The number of hydrogen-bond acceptors (Lipinski definition) is 5. The third-order valence-corrected chi connectivity index (χ3v) is 3.41. The quantitative estimate of drug-likeness (QED) is 0.852. The van der Waals surface area contributed by atoms with Crippen LogP contribution >= 0.6 is 11.3 Å². The summed E-state index contributed by atoms with van der Waals surface area (Å²) in [5.74, 6) is 0.0234. The van der Waals surface area contributed by atoms with E-state index in [0.29, 0.717) is 6.54 Å². The number of thiophene rings is 1. The normalized spacial score (nSPS) is 10.5. The van der Waals surface area contributed by atoms with Gasteiger partial charge in [0.05, 0.1) is 6.54 Å². The maximum absolute atomic E-state index is 11.9. The fourth-order valence-electron chi connectivity index (χ4n) is 1.40. The highest BCUT2D eigenvalue weighted by molar-refractivity contribution is 7.10. The van der Waals surface area contributed by atoms with Crippen LogP contribution in [0.2, 0.25) is 0 Å². The van der Waals surface area contributed by atoms with Gasteiger partial charge in [0.2, 0.25) is 11.8 Å². The standard InChI is InChI=1S/C10H13N5OS/c1-6-3-4-17-7(6)5-15(2)9(16)8-12-10(11)14-13-8/h3-4H,5H2,1-2H3,(H3,11,12,13,14). The molecule has 0 fully saturated rings. The van der Waals surface area contributed by atoms with Crippen molar-refractivity contribution >= 4 is 23.2 Å². The number of aryl methyl sites for hydroxylation is 1. The van der Waals surface area contributed by atoms with Crippen molar-refractivity contribution in [2.45, 2.75) is 13.5 Å². The van der Waals surface area contributed by atoms with Gasteiger partial charge in [0.25, 0.3) is 5.91 Å². The van der Waals surface area contributed by atoms with Gasteiger partial charge in [-0.1, -0.05) is 0 Å². The van der Waals surface area contributed by atoms with Gasteiger partial charge in [0.1, 0.15) is 0 Å². The largest absolute Gasteiger partial charge is 0.366 e. The summed E-state index contributed by atoms with van der Waals surface area (Å²) in [5, 5.41) is 8.15. The zero-order valence-electron chi connectivity index (χ0n) is 9.60. The smallest absolute Gasteiger partial charge is 0.291 e. The zero-order valence-corrected chi connectivity index (χ0v) is 10.4. The number of carbonyl (C=O) groups excluding carboxylic acids is 1. The van der Waals surface area contributed by atoms with Crippen molar-refractivity contribution in [3.05, 3.63) is 27.7 Å². The summed E-state index contributed by atoms with van der Waals surface area (Å²) >= 11 is 1.63. The van der Waals surface area contributed by atoms with Crippen molar-refractivity contribution in [3.8, 4) is 0 Å². The number of rotatable bonds is 3. The highest BCUT2D eigenvalue weighted by Crippen LogP contribution is 2.17. The van der Waals surface area contributed by atoms with E-state index in [1.807, 2.05) is 18.4 Å². The Balaban J connectivity index is 2.08. The molecular weight excluding hydrogens is 238 g/mol. The van der Waals surface area contributed by atoms with Crippen molar-refractivity contribution in [2.24, 2.45) is 0 Å². The number of nitrogens with two attached hydrogens (primary N) is 1. The molecule has 0 saturated carbocycles. The molecule has 17 heavy (non-hydrogen) atoms. The number of nitrogen functional groups attached to an aromatic ring is 1. The maximum Gasteiger partial charge on any atom is 0.291 e. The summed E-state index contributed by atoms with van der Waals surface area (Å²) in [6.07, 6.45) is 0. The van der Waals surface area contributed by atoms with Crippen LogP contribution in [-0.4, -0.2) is 33.0 Å². The molecule has 0 bridgehead atoms. The van der Waals surface area contributed by atoms with Crippen LogP contribution in [0.1, 0.15) is 21.1 Å². The second-order valence-corrected chi connectivity index (χ2v) is 4.73. The lowest BCUT2D eigenvalue weighted by atomic mass is 10.3. The summed E-state index contributed by atoms with van der Waals surface area (Å²) in [4.78, 5) is 18.5. The number of H-pyrrole nitrogens is 1. The van der Waals surface area contributed by atoms with Gasteiger partial charge in [0.15, 0.2) is 0 Å². The lowest BCUT2D eigenvalue weighted by Gasteiger charge is -2.14. The van der Waals surface area contributed by atoms with E-state index in [4.69, 9.17) is 5.73 Å². The second-order valence-electron chi connectivity index (χ2n) is 3.73. The van der Waals surface area contributed by atoms with Crippen molar-refractivity contribution in [1.82, 2.24) is 20.1 Å². The lowest BCUT2D eigenvalue weighted by Crippen LogP contribution is -2.27. The van der Waals surface area contributed by atoms with Crippen LogP contribution in [0.15, 0.2) is 11.4 Å². The van der Waals surface area contributed by atoms with E-state index in [-0.39, 0.29) is 17.7 Å². The number of hydrogen-bond donors (Lipinski definition) is 2. The molecule has 0 aliphatic carbocycles. The van der Waals surface area contributed by atoms with E-state index in [0.717, 1.165) is 4.88 Å². The average molecular weight is 251 g/mol. The monoisotopic (exact) mass is 251 g/mol. The maximum atomic E-state index is 11.9. The Labute approximate surface area is 102 Å². The number of carbonyl (C=O) groups is 1. The Bertz CT molecular complexity index is 532. The predicted octanol–water partition coefficient (Wildman–Crippen LogP) is 1.03. The Morgan fingerprint density at radius 2 is 2.41 bits per heavy atom. The van der Waals surface area contributed by atoms with Crippen molar-refractivity contribution in [2.75, 3.05) is 12.8 Å². The first-order valence-electron chi connectivity index (χ1n) is 5.04. The van der Waals surface area contributed by atoms with Gasteiger partial charge in [-0.2, -0.15) is 4.98 Å². The fourth-order valence-corrected chi connectivity index (χ4v) is 2.36. The molecule has 7 heteroatoms. The van der Waals surface area contributed by atoms with Gasteiger partial charge in [0, 0.05) is 11.9 Å². The molecule has 1 amide bonds. The number of aromatic nitrogens is 3. The van der Waals surface area contributed by atoms with Crippen LogP contribution < -0.4 is 5.73 Å². The molecule has 2 aromatic rings. The molecular formula is C10H13N5OS.